The molecule has 1 atom stereocenters. The van der Waals surface area contributed by atoms with Crippen LogP contribution in [0.5, 0.6) is 0 Å². The van der Waals surface area contributed by atoms with Gasteiger partial charge in [0.1, 0.15) is 10.0 Å². The molecule has 4 heteroatoms. The largest absolute Gasteiger partial charge is 0.308 e. The fourth-order valence-corrected chi connectivity index (χ4v) is 3.45. The van der Waals surface area contributed by atoms with E-state index in [1.165, 1.54) is 37.1 Å². The van der Waals surface area contributed by atoms with E-state index in [0.717, 1.165) is 23.9 Å². The van der Waals surface area contributed by atoms with Gasteiger partial charge in [0, 0.05) is 6.42 Å². The molecule has 0 bridgehead atoms. The van der Waals surface area contributed by atoms with Crippen molar-refractivity contribution in [1.82, 2.24) is 15.5 Å². The molecular weight excluding hydrogens is 230 g/mol. The van der Waals surface area contributed by atoms with Crippen molar-refractivity contribution in [1.29, 1.82) is 0 Å². The van der Waals surface area contributed by atoms with Gasteiger partial charge in [-0.05, 0) is 25.8 Å². The zero-order valence-electron chi connectivity index (χ0n) is 10.9. The monoisotopic (exact) mass is 253 g/mol. The molecule has 0 saturated heterocycles. The Morgan fingerprint density at radius 1 is 1.35 bits per heavy atom. The van der Waals surface area contributed by atoms with Gasteiger partial charge in [-0.1, -0.05) is 43.9 Å². The van der Waals surface area contributed by atoms with Crippen LogP contribution in [-0.2, 0) is 6.42 Å². The summed E-state index contributed by atoms with van der Waals surface area (Å²) in [6, 6.07) is 0.345. The van der Waals surface area contributed by atoms with E-state index in [1.54, 1.807) is 11.3 Å². The number of aryl methyl sites for hydroxylation is 1. The first-order valence-corrected chi connectivity index (χ1v) is 7.67. The average Bonchev–Trinajstić information content (AvgIpc) is 2.98. The van der Waals surface area contributed by atoms with Gasteiger partial charge >= 0.3 is 0 Å². The Bertz CT molecular complexity index is 331. The van der Waals surface area contributed by atoms with Gasteiger partial charge in [-0.25, -0.2) is 0 Å². The number of nitrogens with zero attached hydrogens (tertiary/aromatic N) is 2. The van der Waals surface area contributed by atoms with Gasteiger partial charge in [0.15, 0.2) is 0 Å². The lowest BCUT2D eigenvalue weighted by molar-refractivity contribution is 0.502. The molecule has 1 aromatic rings. The summed E-state index contributed by atoms with van der Waals surface area (Å²) in [6.07, 6.45) is 8.16. The number of rotatable bonds is 6. The van der Waals surface area contributed by atoms with E-state index in [0.29, 0.717) is 6.04 Å². The highest BCUT2D eigenvalue weighted by atomic mass is 32.1. The molecule has 2 rings (SSSR count). The van der Waals surface area contributed by atoms with Crippen molar-refractivity contribution in [3.63, 3.8) is 0 Å². The summed E-state index contributed by atoms with van der Waals surface area (Å²) in [4.78, 5) is 0. The quantitative estimate of drug-likeness (QED) is 0.845. The molecule has 1 fully saturated rings. The van der Waals surface area contributed by atoms with Crippen LogP contribution in [0.1, 0.15) is 62.0 Å². The second-order valence-electron chi connectivity index (χ2n) is 5.00. The topological polar surface area (TPSA) is 37.8 Å². The molecule has 96 valence electrons. The molecule has 0 radical (unpaired) electrons. The van der Waals surface area contributed by atoms with Crippen LogP contribution in [0.15, 0.2) is 0 Å². The maximum atomic E-state index is 4.31. The van der Waals surface area contributed by atoms with E-state index in [4.69, 9.17) is 0 Å². The molecule has 1 unspecified atom stereocenters. The zero-order valence-corrected chi connectivity index (χ0v) is 11.7. The minimum Gasteiger partial charge on any atom is -0.308 e. The van der Waals surface area contributed by atoms with E-state index < -0.39 is 0 Å². The van der Waals surface area contributed by atoms with Gasteiger partial charge in [-0.15, -0.1) is 10.2 Å². The highest BCUT2D eigenvalue weighted by Gasteiger charge is 2.16. The van der Waals surface area contributed by atoms with Crippen LogP contribution in [-0.4, -0.2) is 16.7 Å². The van der Waals surface area contributed by atoms with Gasteiger partial charge in [0.25, 0.3) is 0 Å². The van der Waals surface area contributed by atoms with Crippen molar-refractivity contribution >= 4 is 11.3 Å². The number of nitrogens with one attached hydrogen (secondary N) is 1. The fraction of sp³-hybridized carbons (Fsp3) is 0.846. The lowest BCUT2D eigenvalue weighted by atomic mass is 10.0. The van der Waals surface area contributed by atoms with Gasteiger partial charge < -0.3 is 5.32 Å². The van der Waals surface area contributed by atoms with Crippen molar-refractivity contribution in [2.75, 3.05) is 6.54 Å². The molecule has 1 N–H and O–H groups in total. The van der Waals surface area contributed by atoms with Crippen molar-refractivity contribution < 1.29 is 0 Å². The molecule has 1 heterocycles. The standard InChI is InChI=1S/C13H23N3S/c1-3-14-10(2)13-16-15-12(17-13)9-8-11-6-4-5-7-11/h10-11,14H,3-9H2,1-2H3. The van der Waals surface area contributed by atoms with Crippen molar-refractivity contribution in [3.8, 4) is 0 Å². The second-order valence-corrected chi connectivity index (χ2v) is 6.10. The number of hydrogen-bond acceptors (Lipinski definition) is 4. The summed E-state index contributed by atoms with van der Waals surface area (Å²) in [5, 5.41) is 14.3. The van der Waals surface area contributed by atoms with Crippen LogP contribution in [0.4, 0.5) is 0 Å². The molecule has 3 nitrogen and oxygen atoms in total. The maximum Gasteiger partial charge on any atom is 0.134 e. The number of hydrogen-bond donors (Lipinski definition) is 1. The molecule has 1 aliphatic carbocycles. The minimum atomic E-state index is 0.345. The fourth-order valence-electron chi connectivity index (χ4n) is 2.56. The van der Waals surface area contributed by atoms with Crippen LogP contribution in [0.3, 0.4) is 0 Å². The first-order chi connectivity index (χ1) is 8.29. The van der Waals surface area contributed by atoms with Gasteiger partial charge in [-0.2, -0.15) is 0 Å². The summed E-state index contributed by atoms with van der Waals surface area (Å²) in [5.74, 6) is 0.952. The SMILES string of the molecule is CCNC(C)c1nnc(CCC2CCCC2)s1. The molecule has 17 heavy (non-hydrogen) atoms. The van der Waals surface area contributed by atoms with Gasteiger partial charge in [-0.3, -0.25) is 0 Å². The van der Waals surface area contributed by atoms with Crippen LogP contribution < -0.4 is 5.32 Å². The Morgan fingerprint density at radius 3 is 2.82 bits per heavy atom. The summed E-state index contributed by atoms with van der Waals surface area (Å²) in [7, 11) is 0. The molecule has 1 aromatic heterocycles. The first kappa shape index (κ1) is 13.0. The highest BCUT2D eigenvalue weighted by Crippen LogP contribution is 2.29. The highest BCUT2D eigenvalue weighted by molar-refractivity contribution is 7.11. The van der Waals surface area contributed by atoms with Crippen molar-refractivity contribution in [3.05, 3.63) is 10.0 Å². The Balaban J connectivity index is 1.80. The maximum absolute atomic E-state index is 4.31. The lowest BCUT2D eigenvalue weighted by Gasteiger charge is -2.07. The predicted octanol–water partition coefficient (Wildman–Crippen LogP) is 3.33. The average molecular weight is 253 g/mol. The van der Waals surface area contributed by atoms with Crippen molar-refractivity contribution in [2.45, 2.75) is 58.4 Å². The Labute approximate surface area is 108 Å². The van der Waals surface area contributed by atoms with E-state index >= 15 is 0 Å². The van der Waals surface area contributed by atoms with E-state index in [9.17, 15) is 0 Å². The third kappa shape index (κ3) is 3.75. The summed E-state index contributed by atoms with van der Waals surface area (Å²) in [6.45, 7) is 5.27. The predicted molar refractivity (Wildman–Crippen MR) is 72.3 cm³/mol. The van der Waals surface area contributed by atoms with Gasteiger partial charge in [0.2, 0.25) is 0 Å². The Morgan fingerprint density at radius 2 is 2.12 bits per heavy atom. The van der Waals surface area contributed by atoms with Crippen LogP contribution in [0.25, 0.3) is 0 Å². The molecule has 0 spiro atoms. The molecule has 1 aliphatic rings. The number of aromatic nitrogens is 2. The van der Waals surface area contributed by atoms with Gasteiger partial charge in [0.05, 0.1) is 6.04 Å². The molecule has 0 amide bonds. The Kier molecular flexibility index (Phi) is 4.92. The Hall–Kier alpha value is -0.480. The first-order valence-electron chi connectivity index (χ1n) is 6.85. The molecule has 0 aliphatic heterocycles. The molecule has 0 aromatic carbocycles. The van der Waals surface area contributed by atoms with Crippen LogP contribution >= 0.6 is 11.3 Å². The van der Waals surface area contributed by atoms with Crippen molar-refractivity contribution in [2.24, 2.45) is 5.92 Å². The second kappa shape index (κ2) is 6.45. The lowest BCUT2D eigenvalue weighted by Crippen LogP contribution is -2.17. The van der Waals surface area contributed by atoms with Crippen LogP contribution in [0, 0.1) is 5.92 Å². The third-order valence-electron chi connectivity index (χ3n) is 3.60. The summed E-state index contributed by atoms with van der Waals surface area (Å²) >= 11 is 1.78. The summed E-state index contributed by atoms with van der Waals surface area (Å²) in [5.41, 5.74) is 0. The zero-order chi connectivity index (χ0) is 12.1. The minimum absolute atomic E-state index is 0.345. The summed E-state index contributed by atoms with van der Waals surface area (Å²) < 4.78 is 0. The van der Waals surface area contributed by atoms with E-state index in [1.807, 2.05) is 0 Å². The molecular formula is C13H23N3S. The van der Waals surface area contributed by atoms with Crippen LogP contribution in [0.2, 0.25) is 0 Å². The smallest absolute Gasteiger partial charge is 0.134 e. The third-order valence-corrected chi connectivity index (χ3v) is 4.77. The molecule has 1 saturated carbocycles. The van der Waals surface area contributed by atoms with E-state index in [-0.39, 0.29) is 0 Å². The normalized spacial score (nSPS) is 18.7. The van der Waals surface area contributed by atoms with E-state index in [2.05, 4.69) is 29.4 Å².